The normalized spacial score (nSPS) is 18.1. The lowest BCUT2D eigenvalue weighted by Crippen LogP contribution is -2.54. The molecule has 1 fully saturated rings. The molecule has 0 saturated carbocycles. The van der Waals surface area contributed by atoms with Crippen LogP contribution in [0.3, 0.4) is 0 Å². The fourth-order valence-corrected chi connectivity index (χ4v) is 2.82. The first-order valence-electron chi connectivity index (χ1n) is 7.92. The molecular weight excluding hydrogens is 344 g/mol. The number of aromatic nitrogens is 1. The molecule has 7 nitrogen and oxygen atoms in total. The third-order valence-electron chi connectivity index (χ3n) is 4.06. The molecule has 1 aliphatic heterocycles. The fourth-order valence-electron chi connectivity index (χ4n) is 2.82. The fraction of sp³-hybridized carbons (Fsp3) is 0.353. The van der Waals surface area contributed by atoms with Crippen LogP contribution < -0.4 is 10.6 Å². The van der Waals surface area contributed by atoms with Gasteiger partial charge in [0.05, 0.1) is 12.3 Å². The minimum Gasteiger partial charge on any atom is -0.459 e. The number of carbonyl (C=O) groups excluding carboxylic acids is 2. The number of nitrogens with zero attached hydrogens (tertiary/aromatic N) is 2. The van der Waals surface area contributed by atoms with Crippen LogP contribution in [0.15, 0.2) is 47.3 Å². The summed E-state index contributed by atoms with van der Waals surface area (Å²) in [5.74, 6) is -0.321. The Morgan fingerprint density at radius 3 is 2.92 bits per heavy atom. The largest absolute Gasteiger partial charge is 0.459 e. The van der Waals surface area contributed by atoms with Crippen molar-refractivity contribution in [2.45, 2.75) is 19.0 Å². The maximum Gasteiger partial charge on any atom is 0.287 e. The Labute approximate surface area is 152 Å². The van der Waals surface area contributed by atoms with Crippen LogP contribution in [0, 0.1) is 0 Å². The van der Waals surface area contributed by atoms with Gasteiger partial charge >= 0.3 is 0 Å². The summed E-state index contributed by atoms with van der Waals surface area (Å²) in [7, 11) is 0. The van der Waals surface area contributed by atoms with E-state index < -0.39 is 11.9 Å². The van der Waals surface area contributed by atoms with Gasteiger partial charge in [-0.1, -0.05) is 6.07 Å². The molecule has 3 heterocycles. The maximum atomic E-state index is 12.8. The predicted octanol–water partition coefficient (Wildman–Crippen LogP) is 1.39. The van der Waals surface area contributed by atoms with Gasteiger partial charge in [0, 0.05) is 32.0 Å². The second-order valence-electron chi connectivity index (χ2n) is 5.71. The summed E-state index contributed by atoms with van der Waals surface area (Å²) in [5, 5.41) is 5.99. The zero-order valence-electron chi connectivity index (χ0n) is 13.8. The highest BCUT2D eigenvalue weighted by atomic mass is 35.5. The molecule has 0 aliphatic carbocycles. The smallest absolute Gasteiger partial charge is 0.287 e. The van der Waals surface area contributed by atoms with E-state index in [0.717, 1.165) is 12.1 Å². The molecule has 0 radical (unpaired) electrons. The number of carbonyl (C=O) groups is 2. The van der Waals surface area contributed by atoms with Crippen molar-refractivity contribution < 1.29 is 14.0 Å². The van der Waals surface area contributed by atoms with Crippen LogP contribution in [0.2, 0.25) is 0 Å². The van der Waals surface area contributed by atoms with Gasteiger partial charge in [-0.25, -0.2) is 0 Å². The molecule has 2 atom stereocenters. The van der Waals surface area contributed by atoms with Crippen LogP contribution in [0.25, 0.3) is 0 Å². The predicted molar refractivity (Wildman–Crippen MR) is 94.4 cm³/mol. The van der Waals surface area contributed by atoms with Crippen LogP contribution in [0.5, 0.6) is 0 Å². The van der Waals surface area contributed by atoms with Crippen molar-refractivity contribution in [2.75, 3.05) is 19.6 Å². The van der Waals surface area contributed by atoms with E-state index in [1.165, 1.54) is 6.26 Å². The van der Waals surface area contributed by atoms with E-state index in [1.54, 1.807) is 36.4 Å². The lowest BCUT2D eigenvalue weighted by atomic mass is 10.0. The molecule has 3 rings (SSSR count). The molecule has 1 aliphatic rings. The van der Waals surface area contributed by atoms with Gasteiger partial charge in [0.25, 0.3) is 5.91 Å². The lowest BCUT2D eigenvalue weighted by Gasteiger charge is -2.37. The molecule has 2 N–H and O–H groups in total. The Kier molecular flexibility index (Phi) is 6.55. The van der Waals surface area contributed by atoms with Crippen LogP contribution in [-0.2, 0) is 4.79 Å². The van der Waals surface area contributed by atoms with Gasteiger partial charge in [-0.3, -0.25) is 14.6 Å². The Bertz CT molecular complexity index is 693. The molecule has 2 amide bonds. The van der Waals surface area contributed by atoms with E-state index in [4.69, 9.17) is 4.42 Å². The second kappa shape index (κ2) is 8.64. The number of halogens is 1. The zero-order valence-corrected chi connectivity index (χ0v) is 14.7. The minimum absolute atomic E-state index is 0. The molecule has 2 unspecified atom stereocenters. The highest BCUT2D eigenvalue weighted by molar-refractivity contribution is 5.95. The van der Waals surface area contributed by atoms with E-state index in [9.17, 15) is 9.59 Å². The van der Waals surface area contributed by atoms with E-state index in [2.05, 4.69) is 15.6 Å². The van der Waals surface area contributed by atoms with Gasteiger partial charge in [0.15, 0.2) is 5.76 Å². The first kappa shape index (κ1) is 19.0. The van der Waals surface area contributed by atoms with Gasteiger partial charge in [-0.05, 0) is 30.7 Å². The molecule has 1 saturated heterocycles. The van der Waals surface area contributed by atoms with E-state index in [1.807, 2.05) is 12.1 Å². The number of rotatable bonds is 4. The Morgan fingerprint density at radius 2 is 2.24 bits per heavy atom. The summed E-state index contributed by atoms with van der Waals surface area (Å²) in [5.41, 5.74) is 0.975. The first-order valence-corrected chi connectivity index (χ1v) is 7.92. The Hall–Kier alpha value is -2.38. The summed E-state index contributed by atoms with van der Waals surface area (Å²) >= 11 is 0. The van der Waals surface area contributed by atoms with Gasteiger partial charge in [-0.2, -0.15) is 0 Å². The Morgan fingerprint density at radius 1 is 1.40 bits per heavy atom. The summed E-state index contributed by atoms with van der Waals surface area (Å²) in [6, 6.07) is 6.28. The van der Waals surface area contributed by atoms with Gasteiger partial charge in [0.2, 0.25) is 5.91 Å². The summed E-state index contributed by atoms with van der Waals surface area (Å²) in [6.45, 7) is 3.66. The van der Waals surface area contributed by atoms with Crippen molar-refractivity contribution in [1.29, 1.82) is 0 Å². The van der Waals surface area contributed by atoms with Gasteiger partial charge in [0.1, 0.15) is 6.04 Å². The van der Waals surface area contributed by atoms with Crippen molar-refractivity contribution in [3.63, 3.8) is 0 Å². The topological polar surface area (TPSA) is 87.5 Å². The van der Waals surface area contributed by atoms with Crippen molar-refractivity contribution >= 4 is 24.2 Å². The first-order chi connectivity index (χ1) is 11.7. The number of hydrogen-bond donors (Lipinski definition) is 2. The van der Waals surface area contributed by atoms with Crippen LogP contribution in [0.4, 0.5) is 0 Å². The third-order valence-corrected chi connectivity index (χ3v) is 4.06. The highest BCUT2D eigenvalue weighted by Gasteiger charge is 2.31. The standard InChI is InChI=1S/C17H20N4O3.ClH/c1-12(20-16(22)15-5-3-9-24-15)17(23)21-8-7-19-11-14(21)13-4-2-6-18-10-13;/h2-6,9-10,12,14,19H,7-8,11H2,1H3,(H,20,22);1H. The lowest BCUT2D eigenvalue weighted by molar-refractivity contribution is -0.136. The molecule has 8 heteroatoms. The summed E-state index contributed by atoms with van der Waals surface area (Å²) in [4.78, 5) is 30.8. The molecule has 2 aromatic rings. The molecule has 0 aromatic carbocycles. The van der Waals surface area contributed by atoms with E-state index in [-0.39, 0.29) is 30.1 Å². The maximum absolute atomic E-state index is 12.8. The van der Waals surface area contributed by atoms with Crippen LogP contribution in [-0.4, -0.2) is 47.4 Å². The van der Waals surface area contributed by atoms with Gasteiger partial charge in [-0.15, -0.1) is 12.4 Å². The van der Waals surface area contributed by atoms with Gasteiger partial charge < -0.3 is 20.0 Å². The molecule has 25 heavy (non-hydrogen) atoms. The quantitative estimate of drug-likeness (QED) is 0.856. The number of hydrogen-bond acceptors (Lipinski definition) is 5. The van der Waals surface area contributed by atoms with Crippen molar-refractivity contribution in [2.24, 2.45) is 0 Å². The highest BCUT2D eigenvalue weighted by Crippen LogP contribution is 2.22. The number of pyridine rings is 1. The van der Waals surface area contributed by atoms with Crippen LogP contribution >= 0.6 is 12.4 Å². The van der Waals surface area contributed by atoms with Crippen molar-refractivity contribution in [1.82, 2.24) is 20.5 Å². The molecular formula is C17H21ClN4O3. The summed E-state index contributed by atoms with van der Waals surface area (Å²) < 4.78 is 5.06. The SMILES string of the molecule is CC(NC(=O)c1ccco1)C(=O)N1CCNCC1c1cccnc1.Cl. The monoisotopic (exact) mass is 364 g/mol. The zero-order chi connectivity index (χ0) is 16.9. The number of nitrogens with one attached hydrogen (secondary N) is 2. The number of furan rings is 1. The second-order valence-corrected chi connectivity index (χ2v) is 5.71. The summed E-state index contributed by atoms with van der Waals surface area (Å²) in [6.07, 6.45) is 4.90. The third kappa shape index (κ3) is 4.37. The van der Waals surface area contributed by atoms with E-state index >= 15 is 0 Å². The number of amides is 2. The van der Waals surface area contributed by atoms with Crippen molar-refractivity contribution in [3.05, 3.63) is 54.2 Å². The minimum atomic E-state index is -0.639. The molecule has 2 aromatic heterocycles. The Balaban J connectivity index is 0.00000225. The number of piperazine rings is 1. The average Bonchev–Trinajstić information content (AvgIpc) is 3.16. The van der Waals surface area contributed by atoms with Crippen LogP contribution in [0.1, 0.15) is 29.1 Å². The molecule has 0 spiro atoms. The average molecular weight is 365 g/mol. The molecule has 134 valence electrons. The van der Waals surface area contributed by atoms with Crippen molar-refractivity contribution in [3.8, 4) is 0 Å². The van der Waals surface area contributed by atoms with E-state index in [0.29, 0.717) is 13.1 Å². The molecule has 0 bridgehead atoms.